The number of fused-ring (bicyclic) bond motifs is 1. The Kier molecular flexibility index (Phi) is 3.81. The highest BCUT2D eigenvalue weighted by molar-refractivity contribution is 7.91. The smallest absolute Gasteiger partial charge is 0.236 e. The summed E-state index contributed by atoms with van der Waals surface area (Å²) in [6.07, 6.45) is 0.263. The maximum Gasteiger partial charge on any atom is 0.236 e. The molecule has 0 saturated carbocycles. The summed E-state index contributed by atoms with van der Waals surface area (Å²) < 4.78 is 39.8. The lowest BCUT2D eigenvalue weighted by molar-refractivity contribution is -0.117. The highest BCUT2D eigenvalue weighted by Gasteiger charge is 2.24. The lowest BCUT2D eigenvalue weighted by Gasteiger charge is -2.12. The zero-order valence-electron chi connectivity index (χ0n) is 12.4. The maximum absolute atomic E-state index is 12.9. The molecule has 5 nitrogen and oxygen atoms in total. The van der Waals surface area contributed by atoms with Crippen molar-refractivity contribution >= 4 is 27.3 Å². The van der Waals surface area contributed by atoms with Crippen molar-refractivity contribution in [3.8, 4) is 0 Å². The zero-order valence-corrected chi connectivity index (χ0v) is 13.2. The molecule has 2 aromatic carbocycles. The van der Waals surface area contributed by atoms with Gasteiger partial charge in [0.1, 0.15) is 5.82 Å². The molecular formula is C16H15FN2O3S. The van der Waals surface area contributed by atoms with Crippen LogP contribution < -0.4 is 9.62 Å². The van der Waals surface area contributed by atoms with Gasteiger partial charge in [-0.15, -0.1) is 0 Å². The van der Waals surface area contributed by atoms with Crippen LogP contribution in [0, 0.1) is 5.82 Å². The molecule has 0 bridgehead atoms. The van der Waals surface area contributed by atoms with Crippen LogP contribution in [0.2, 0.25) is 0 Å². The van der Waals surface area contributed by atoms with Crippen molar-refractivity contribution in [3.63, 3.8) is 0 Å². The number of amides is 1. The van der Waals surface area contributed by atoms with Gasteiger partial charge in [0, 0.05) is 18.4 Å². The molecule has 0 radical (unpaired) electrons. The van der Waals surface area contributed by atoms with Crippen LogP contribution in [0.1, 0.15) is 11.1 Å². The average Bonchev–Trinajstić information content (AvgIpc) is 2.75. The first kappa shape index (κ1) is 15.5. The van der Waals surface area contributed by atoms with Gasteiger partial charge in [-0.2, -0.15) is 0 Å². The molecule has 120 valence electrons. The first-order valence-corrected chi connectivity index (χ1v) is 8.64. The topological polar surface area (TPSA) is 66.5 Å². The molecule has 0 unspecified atom stereocenters. The van der Waals surface area contributed by atoms with E-state index in [1.165, 1.54) is 24.3 Å². The van der Waals surface area contributed by atoms with Crippen LogP contribution in [0.4, 0.5) is 15.8 Å². The first-order chi connectivity index (χ1) is 10.8. The number of nitrogens with one attached hydrogen (secondary N) is 1. The van der Waals surface area contributed by atoms with Gasteiger partial charge in [-0.25, -0.2) is 12.8 Å². The van der Waals surface area contributed by atoms with E-state index in [1.807, 2.05) is 0 Å². The molecule has 0 aromatic heterocycles. The van der Waals surface area contributed by atoms with Crippen LogP contribution in [0.5, 0.6) is 0 Å². The molecule has 2 aromatic rings. The fourth-order valence-electron chi connectivity index (χ4n) is 2.55. The van der Waals surface area contributed by atoms with Crippen molar-refractivity contribution in [1.82, 2.24) is 0 Å². The van der Waals surface area contributed by atoms with Gasteiger partial charge in [-0.1, -0.05) is 12.1 Å². The molecule has 0 fully saturated rings. The third kappa shape index (κ3) is 3.34. The van der Waals surface area contributed by atoms with Gasteiger partial charge in [0.25, 0.3) is 0 Å². The summed E-state index contributed by atoms with van der Waals surface area (Å²) in [6.45, 7) is 0. The number of carbonyl (C=O) groups is 1. The first-order valence-electron chi connectivity index (χ1n) is 6.98. The van der Waals surface area contributed by atoms with E-state index in [0.29, 0.717) is 11.3 Å². The fourth-order valence-corrected chi connectivity index (χ4v) is 3.74. The van der Waals surface area contributed by atoms with Crippen LogP contribution in [-0.4, -0.2) is 21.4 Å². The Hall–Kier alpha value is -2.41. The van der Waals surface area contributed by atoms with E-state index in [1.54, 1.807) is 30.1 Å². The number of benzene rings is 2. The molecular weight excluding hydrogens is 319 g/mol. The molecule has 7 heteroatoms. The lowest BCUT2D eigenvalue weighted by atomic mass is 10.1. The Morgan fingerprint density at radius 3 is 2.57 bits per heavy atom. The highest BCUT2D eigenvalue weighted by atomic mass is 32.2. The van der Waals surface area contributed by atoms with Crippen LogP contribution in [-0.2, 0) is 27.0 Å². The van der Waals surface area contributed by atoms with Crippen molar-refractivity contribution in [2.45, 2.75) is 12.2 Å². The molecule has 23 heavy (non-hydrogen) atoms. The quantitative estimate of drug-likeness (QED) is 0.933. The predicted molar refractivity (Wildman–Crippen MR) is 86.2 cm³/mol. The SMILES string of the molecule is CN1C(=O)Cc2cc(NS(=O)(=O)Cc3ccc(F)cc3)ccc21. The number of carbonyl (C=O) groups excluding carboxylic acids is 1. The van der Waals surface area contributed by atoms with Gasteiger partial charge >= 0.3 is 0 Å². The molecule has 0 saturated heterocycles. The number of anilines is 2. The van der Waals surface area contributed by atoms with E-state index < -0.39 is 15.8 Å². The number of halogens is 1. The van der Waals surface area contributed by atoms with E-state index in [2.05, 4.69) is 4.72 Å². The third-order valence-corrected chi connectivity index (χ3v) is 4.96. The van der Waals surface area contributed by atoms with Crippen molar-refractivity contribution < 1.29 is 17.6 Å². The minimum absolute atomic E-state index is 0.0219. The van der Waals surface area contributed by atoms with Gasteiger partial charge in [-0.3, -0.25) is 9.52 Å². The molecule has 0 atom stereocenters. The van der Waals surface area contributed by atoms with Gasteiger partial charge in [0.2, 0.25) is 15.9 Å². The molecule has 1 aliphatic heterocycles. The number of nitrogens with zero attached hydrogens (tertiary/aromatic N) is 1. The number of sulfonamides is 1. The Morgan fingerprint density at radius 2 is 1.87 bits per heavy atom. The number of likely N-dealkylation sites (N-methyl/N-ethyl adjacent to an activating group) is 1. The molecule has 1 aliphatic rings. The molecule has 1 heterocycles. The summed E-state index contributed by atoms with van der Waals surface area (Å²) in [7, 11) is -1.93. The summed E-state index contributed by atoms with van der Waals surface area (Å²) in [5.74, 6) is -0.679. The van der Waals surface area contributed by atoms with Crippen molar-refractivity contribution in [3.05, 3.63) is 59.4 Å². The van der Waals surface area contributed by atoms with Crippen LogP contribution in [0.15, 0.2) is 42.5 Å². The maximum atomic E-state index is 12.9. The molecule has 0 aliphatic carbocycles. The van der Waals surface area contributed by atoms with Gasteiger partial charge in [0.15, 0.2) is 0 Å². The summed E-state index contributed by atoms with van der Waals surface area (Å²) in [5, 5.41) is 0. The average molecular weight is 334 g/mol. The summed E-state index contributed by atoms with van der Waals surface area (Å²) >= 11 is 0. The largest absolute Gasteiger partial charge is 0.315 e. The minimum Gasteiger partial charge on any atom is -0.315 e. The second kappa shape index (κ2) is 5.66. The zero-order chi connectivity index (χ0) is 16.6. The van der Waals surface area contributed by atoms with E-state index in [-0.39, 0.29) is 18.1 Å². The molecule has 1 amide bonds. The van der Waals surface area contributed by atoms with E-state index in [0.717, 1.165) is 11.3 Å². The monoisotopic (exact) mass is 334 g/mol. The second-order valence-corrected chi connectivity index (χ2v) is 7.18. The Morgan fingerprint density at radius 1 is 1.17 bits per heavy atom. The van der Waals surface area contributed by atoms with E-state index >= 15 is 0 Å². The van der Waals surface area contributed by atoms with Crippen molar-refractivity contribution in [1.29, 1.82) is 0 Å². The van der Waals surface area contributed by atoms with Crippen molar-refractivity contribution in [2.75, 3.05) is 16.7 Å². The Bertz CT molecular complexity index is 863. The van der Waals surface area contributed by atoms with Crippen LogP contribution in [0.25, 0.3) is 0 Å². The number of hydrogen-bond donors (Lipinski definition) is 1. The van der Waals surface area contributed by atoms with Crippen LogP contribution >= 0.6 is 0 Å². The normalized spacial score (nSPS) is 14.0. The number of hydrogen-bond acceptors (Lipinski definition) is 3. The standard InChI is InChI=1S/C16H15FN2O3S/c1-19-15-7-6-14(8-12(15)9-16(19)20)18-23(21,22)10-11-2-4-13(17)5-3-11/h2-8,18H,9-10H2,1H3. The molecule has 3 rings (SSSR count). The van der Waals surface area contributed by atoms with Gasteiger partial charge in [0.05, 0.1) is 12.2 Å². The summed E-state index contributed by atoms with van der Waals surface area (Å²) in [6, 6.07) is 10.3. The molecule has 1 N–H and O–H groups in total. The summed E-state index contributed by atoms with van der Waals surface area (Å²) in [5.41, 5.74) is 2.49. The minimum atomic E-state index is -3.62. The van der Waals surface area contributed by atoms with Gasteiger partial charge < -0.3 is 4.90 Å². The van der Waals surface area contributed by atoms with Crippen molar-refractivity contribution in [2.24, 2.45) is 0 Å². The third-order valence-electron chi connectivity index (χ3n) is 3.70. The van der Waals surface area contributed by atoms with Crippen LogP contribution in [0.3, 0.4) is 0 Å². The Balaban J connectivity index is 1.77. The second-order valence-electron chi connectivity index (χ2n) is 5.46. The lowest BCUT2D eigenvalue weighted by Crippen LogP contribution is -2.20. The molecule has 0 spiro atoms. The highest BCUT2D eigenvalue weighted by Crippen LogP contribution is 2.30. The summed E-state index contributed by atoms with van der Waals surface area (Å²) in [4.78, 5) is 13.2. The fraction of sp³-hybridized carbons (Fsp3) is 0.188. The van der Waals surface area contributed by atoms with Gasteiger partial charge in [-0.05, 0) is 41.5 Å². The number of rotatable bonds is 4. The Labute approximate surface area is 133 Å². The van der Waals surface area contributed by atoms with E-state index in [9.17, 15) is 17.6 Å². The predicted octanol–water partition coefficient (Wildman–Crippen LogP) is 2.29. The van der Waals surface area contributed by atoms with E-state index in [4.69, 9.17) is 0 Å².